The summed E-state index contributed by atoms with van der Waals surface area (Å²) in [7, 11) is 1.81. The number of hydrogen-bond donors (Lipinski definition) is 2. The van der Waals surface area contributed by atoms with Crippen molar-refractivity contribution in [3.63, 3.8) is 0 Å². The van der Waals surface area contributed by atoms with Gasteiger partial charge in [0.2, 0.25) is 0 Å². The maximum absolute atomic E-state index is 6.16. The Balaban J connectivity index is 2.56. The molecule has 0 saturated heterocycles. The Kier molecular flexibility index (Phi) is 4.87. The molecule has 0 aliphatic carbocycles. The summed E-state index contributed by atoms with van der Waals surface area (Å²) in [6, 6.07) is 0. The van der Waals surface area contributed by atoms with Crippen molar-refractivity contribution in [1.82, 2.24) is 5.32 Å². The Labute approximate surface area is 42.3 Å². The van der Waals surface area contributed by atoms with Gasteiger partial charge >= 0.3 is 0 Å². The Morgan fingerprint density at radius 3 is 3.00 bits per heavy atom. The minimum absolute atomic E-state index is 0.472. The summed E-state index contributed by atoms with van der Waals surface area (Å²) >= 11 is 0. The van der Waals surface area contributed by atoms with Gasteiger partial charge < -0.3 is 10.2 Å². The molecule has 0 atom stereocenters. The second-order valence-electron chi connectivity index (χ2n) is 1.03. The molecule has 0 aliphatic rings. The molecule has 0 rings (SSSR count). The molecule has 4 heteroatoms. The van der Waals surface area contributed by atoms with Crippen LogP contribution in [0.5, 0.6) is 0 Å². The summed E-state index contributed by atoms with van der Waals surface area (Å²) in [6.07, 6.45) is 0. The molecule has 42 valence electrons. The Bertz CT molecular complexity index is 47.4. The molecule has 0 spiro atoms. The highest BCUT2D eigenvalue weighted by Gasteiger charge is 1.76. The van der Waals surface area contributed by atoms with Gasteiger partial charge in [0.15, 0.2) is 0 Å². The maximum Gasteiger partial charge on any atom is 0.131 e. The second-order valence-corrected chi connectivity index (χ2v) is 1.03. The largest absolute Gasteiger partial charge is 0.378 e. The first-order valence-corrected chi connectivity index (χ1v) is 2.05. The molecule has 0 fully saturated rings. The third kappa shape index (κ3) is 5.36. The quantitative estimate of drug-likeness (QED) is 0.302. The van der Waals surface area contributed by atoms with Crippen LogP contribution in [0, 0.1) is 5.53 Å². The lowest BCUT2D eigenvalue weighted by Gasteiger charge is -1.92. The third-order valence-corrected chi connectivity index (χ3v) is 0.508. The Hall–Kier alpha value is -0.640. The first-order chi connectivity index (χ1) is 3.41. The van der Waals surface area contributed by atoms with Crippen molar-refractivity contribution in [2.45, 2.75) is 0 Å². The lowest BCUT2D eigenvalue weighted by atomic mass is 10.7. The van der Waals surface area contributed by atoms with Gasteiger partial charge in [0, 0.05) is 11.8 Å². The molecular weight excluding hydrogens is 94.1 g/mol. The van der Waals surface area contributed by atoms with E-state index in [0.717, 1.165) is 6.54 Å². The van der Waals surface area contributed by atoms with Gasteiger partial charge in [0.25, 0.3) is 0 Å². The minimum Gasteiger partial charge on any atom is -0.378 e. The highest BCUT2D eigenvalue weighted by Crippen LogP contribution is 1.67. The molecule has 0 aliphatic heterocycles. The molecule has 0 aromatic heterocycles. The monoisotopic (exact) mass is 103 g/mol. The fraction of sp³-hybridized carbons (Fsp3) is 1.00. The van der Waals surface area contributed by atoms with Gasteiger partial charge in [-0.15, -0.1) is 0 Å². The van der Waals surface area contributed by atoms with Crippen LogP contribution in [0.25, 0.3) is 0 Å². The van der Waals surface area contributed by atoms with Crippen molar-refractivity contribution in [3.8, 4) is 0 Å². The summed E-state index contributed by atoms with van der Waals surface area (Å²) < 4.78 is 0. The van der Waals surface area contributed by atoms with Crippen LogP contribution in [0.2, 0.25) is 0 Å². The van der Waals surface area contributed by atoms with Gasteiger partial charge in [0.1, 0.15) is 6.61 Å². The molecule has 0 amide bonds. The Morgan fingerprint density at radius 1 is 1.86 bits per heavy atom. The van der Waals surface area contributed by atoms with Gasteiger partial charge in [-0.3, -0.25) is 0 Å². The van der Waals surface area contributed by atoms with Crippen LogP contribution in [0.4, 0.5) is 0 Å². The van der Waals surface area contributed by atoms with Crippen molar-refractivity contribution < 1.29 is 4.84 Å². The number of nitrogens with one attached hydrogen (secondary N) is 2. The summed E-state index contributed by atoms with van der Waals surface area (Å²) in [5.74, 6) is 0. The molecule has 0 unspecified atom stereocenters. The van der Waals surface area contributed by atoms with E-state index in [9.17, 15) is 0 Å². The summed E-state index contributed by atoms with van der Waals surface area (Å²) in [4.78, 5) is 4.30. The number of rotatable bonds is 4. The van der Waals surface area contributed by atoms with Gasteiger partial charge in [-0.1, -0.05) is 0 Å². The number of hydrogen-bond acceptors (Lipinski definition) is 4. The third-order valence-electron chi connectivity index (χ3n) is 0.508. The van der Waals surface area contributed by atoms with E-state index in [-0.39, 0.29) is 0 Å². The van der Waals surface area contributed by atoms with E-state index in [2.05, 4.69) is 15.4 Å². The van der Waals surface area contributed by atoms with E-state index < -0.39 is 0 Å². The lowest BCUT2D eigenvalue weighted by molar-refractivity contribution is 0.120. The zero-order chi connectivity index (χ0) is 5.54. The van der Waals surface area contributed by atoms with E-state index in [1.165, 1.54) is 0 Å². The van der Waals surface area contributed by atoms with Crippen LogP contribution in [0.1, 0.15) is 0 Å². The molecular formula is C3H9N3O. The first kappa shape index (κ1) is 6.36. The van der Waals surface area contributed by atoms with Crippen LogP contribution in [-0.4, -0.2) is 20.2 Å². The van der Waals surface area contributed by atoms with Crippen molar-refractivity contribution in [3.05, 3.63) is 0 Å². The topological polar surface area (TPSA) is 57.5 Å². The molecule has 2 N–H and O–H groups in total. The van der Waals surface area contributed by atoms with Gasteiger partial charge in [0.05, 0.1) is 0 Å². The number of nitrogens with zero attached hydrogens (tertiary/aromatic N) is 1. The van der Waals surface area contributed by atoms with E-state index in [4.69, 9.17) is 5.53 Å². The summed E-state index contributed by atoms with van der Waals surface area (Å²) in [5.41, 5.74) is 6.16. The van der Waals surface area contributed by atoms with Crippen molar-refractivity contribution in [2.24, 2.45) is 5.28 Å². The standard InChI is InChI=1S/C3H9N3O/c1-5-2-3-7-6-4/h4-5H,2-3H2,1H3. The van der Waals surface area contributed by atoms with Crippen LogP contribution in [0.3, 0.4) is 0 Å². The normalized spacial score (nSPS) is 8.14. The van der Waals surface area contributed by atoms with Crippen molar-refractivity contribution in [2.75, 3.05) is 20.2 Å². The molecule has 4 nitrogen and oxygen atoms in total. The van der Waals surface area contributed by atoms with E-state index in [0.29, 0.717) is 6.61 Å². The zero-order valence-electron chi connectivity index (χ0n) is 4.27. The lowest BCUT2D eigenvalue weighted by Crippen LogP contribution is -2.12. The van der Waals surface area contributed by atoms with Crippen LogP contribution in [-0.2, 0) is 4.84 Å². The fourth-order valence-electron chi connectivity index (χ4n) is 0.193. The maximum atomic E-state index is 6.16. The average Bonchev–Trinajstić information content (AvgIpc) is 1.69. The zero-order valence-corrected chi connectivity index (χ0v) is 4.27. The molecule has 7 heavy (non-hydrogen) atoms. The molecule has 0 saturated carbocycles. The fourth-order valence-corrected chi connectivity index (χ4v) is 0.193. The molecule has 0 aromatic rings. The van der Waals surface area contributed by atoms with Crippen LogP contribution >= 0.6 is 0 Å². The average molecular weight is 103 g/mol. The molecule has 0 heterocycles. The Morgan fingerprint density at radius 2 is 2.57 bits per heavy atom. The van der Waals surface area contributed by atoms with E-state index in [1.807, 2.05) is 7.05 Å². The predicted octanol–water partition coefficient (Wildman–Crippen LogP) is 0.168. The summed E-state index contributed by atoms with van der Waals surface area (Å²) in [5, 5.41) is 5.52. The van der Waals surface area contributed by atoms with Gasteiger partial charge in [-0.05, 0) is 7.05 Å². The van der Waals surface area contributed by atoms with Crippen LogP contribution in [0.15, 0.2) is 5.28 Å². The van der Waals surface area contributed by atoms with Crippen molar-refractivity contribution >= 4 is 0 Å². The van der Waals surface area contributed by atoms with Crippen molar-refractivity contribution in [1.29, 1.82) is 5.53 Å². The molecule has 0 bridgehead atoms. The highest BCUT2D eigenvalue weighted by molar-refractivity contribution is 4.30. The summed E-state index contributed by atoms with van der Waals surface area (Å²) in [6.45, 7) is 1.21. The van der Waals surface area contributed by atoms with E-state index >= 15 is 0 Å². The second kappa shape index (κ2) is 5.36. The first-order valence-electron chi connectivity index (χ1n) is 2.05. The number of likely N-dealkylation sites (N-methyl/N-ethyl adjacent to an activating group) is 1. The SMILES string of the molecule is CNCCON=N. The van der Waals surface area contributed by atoms with Crippen LogP contribution < -0.4 is 5.32 Å². The smallest absolute Gasteiger partial charge is 0.131 e. The molecule has 0 aromatic carbocycles. The predicted molar refractivity (Wildman–Crippen MR) is 25.0 cm³/mol. The van der Waals surface area contributed by atoms with E-state index in [1.54, 1.807) is 0 Å². The molecule has 0 radical (unpaired) electrons. The highest BCUT2D eigenvalue weighted by atomic mass is 16.6. The minimum atomic E-state index is 0.472. The van der Waals surface area contributed by atoms with Gasteiger partial charge in [-0.2, -0.15) is 5.53 Å². The van der Waals surface area contributed by atoms with Gasteiger partial charge in [-0.25, -0.2) is 0 Å².